The number of aromatic nitrogens is 2. The molecule has 0 aliphatic carbocycles. The SMILES string of the molecule is NC(=O)c1ccc(Cl)c(-c2nn(-c3ccc(F)cc3)c3cc(C(=O)NC4CCS(=O)(=O)C4)ccc23)c1. The first-order valence-corrected chi connectivity index (χ1v) is 13.2. The first-order valence-electron chi connectivity index (χ1n) is 11.0. The van der Waals surface area contributed by atoms with Crippen LogP contribution in [0.1, 0.15) is 27.1 Å². The Kier molecular flexibility index (Phi) is 6.01. The Morgan fingerprint density at radius 1 is 1.06 bits per heavy atom. The van der Waals surface area contributed by atoms with E-state index in [1.165, 1.54) is 18.2 Å². The van der Waals surface area contributed by atoms with E-state index < -0.39 is 33.5 Å². The maximum absolute atomic E-state index is 13.6. The summed E-state index contributed by atoms with van der Waals surface area (Å²) in [4.78, 5) is 24.7. The summed E-state index contributed by atoms with van der Waals surface area (Å²) in [6.45, 7) is 0. The van der Waals surface area contributed by atoms with Crippen LogP contribution in [0.2, 0.25) is 5.02 Å². The van der Waals surface area contributed by atoms with Crippen molar-refractivity contribution in [2.24, 2.45) is 5.73 Å². The number of rotatable bonds is 5. The molecular formula is C25H20ClFN4O4S. The number of benzene rings is 3. The van der Waals surface area contributed by atoms with Gasteiger partial charge >= 0.3 is 0 Å². The largest absolute Gasteiger partial charge is 0.366 e. The summed E-state index contributed by atoms with van der Waals surface area (Å²) < 4.78 is 38.7. The molecule has 3 aromatic carbocycles. The van der Waals surface area contributed by atoms with Crippen molar-refractivity contribution < 1.29 is 22.4 Å². The Morgan fingerprint density at radius 2 is 1.78 bits per heavy atom. The third-order valence-corrected chi connectivity index (χ3v) is 8.19. The van der Waals surface area contributed by atoms with Gasteiger partial charge in [-0.1, -0.05) is 11.6 Å². The van der Waals surface area contributed by atoms with Gasteiger partial charge in [0.25, 0.3) is 5.91 Å². The van der Waals surface area contributed by atoms with Gasteiger partial charge in [0, 0.05) is 28.1 Å². The second-order valence-corrected chi connectivity index (χ2v) is 11.2. The zero-order valence-corrected chi connectivity index (χ0v) is 20.3. The lowest BCUT2D eigenvalue weighted by molar-refractivity contribution is 0.0940. The van der Waals surface area contributed by atoms with Crippen molar-refractivity contribution >= 4 is 44.2 Å². The van der Waals surface area contributed by atoms with Crippen molar-refractivity contribution in [3.8, 4) is 16.9 Å². The molecule has 1 fully saturated rings. The van der Waals surface area contributed by atoms with Gasteiger partial charge in [0.1, 0.15) is 11.5 Å². The van der Waals surface area contributed by atoms with E-state index in [9.17, 15) is 22.4 Å². The van der Waals surface area contributed by atoms with Crippen LogP contribution in [-0.4, -0.2) is 47.6 Å². The molecule has 0 radical (unpaired) electrons. The number of nitrogens with two attached hydrogens (primary N) is 1. The molecule has 1 aliphatic heterocycles. The highest BCUT2D eigenvalue weighted by Gasteiger charge is 2.29. The molecule has 184 valence electrons. The fourth-order valence-electron chi connectivity index (χ4n) is 4.27. The van der Waals surface area contributed by atoms with Crippen LogP contribution in [0, 0.1) is 5.82 Å². The average Bonchev–Trinajstić information content (AvgIpc) is 3.38. The van der Waals surface area contributed by atoms with E-state index in [-0.39, 0.29) is 17.1 Å². The van der Waals surface area contributed by atoms with Crippen molar-refractivity contribution in [1.82, 2.24) is 15.1 Å². The Morgan fingerprint density at radius 3 is 2.44 bits per heavy atom. The number of carbonyl (C=O) groups is 2. The molecular weight excluding hydrogens is 507 g/mol. The number of primary amides is 1. The Labute approximate surface area is 210 Å². The third-order valence-electron chi connectivity index (χ3n) is 6.09. The number of sulfone groups is 1. The molecule has 1 saturated heterocycles. The van der Waals surface area contributed by atoms with Crippen LogP contribution in [0.15, 0.2) is 60.7 Å². The van der Waals surface area contributed by atoms with Crippen LogP contribution in [-0.2, 0) is 9.84 Å². The van der Waals surface area contributed by atoms with Gasteiger partial charge in [-0.05, 0) is 67.1 Å². The second-order valence-electron chi connectivity index (χ2n) is 8.60. The van der Waals surface area contributed by atoms with Gasteiger partial charge in [0.05, 0.1) is 27.7 Å². The Balaban J connectivity index is 1.63. The monoisotopic (exact) mass is 526 g/mol. The van der Waals surface area contributed by atoms with E-state index in [2.05, 4.69) is 5.32 Å². The van der Waals surface area contributed by atoms with Crippen molar-refractivity contribution in [2.45, 2.75) is 12.5 Å². The van der Waals surface area contributed by atoms with E-state index in [1.54, 1.807) is 47.1 Å². The van der Waals surface area contributed by atoms with Crippen molar-refractivity contribution in [3.05, 3.63) is 82.6 Å². The molecule has 1 unspecified atom stereocenters. The minimum absolute atomic E-state index is 0.0444. The highest BCUT2D eigenvalue weighted by molar-refractivity contribution is 7.91. The van der Waals surface area contributed by atoms with Crippen molar-refractivity contribution in [1.29, 1.82) is 0 Å². The summed E-state index contributed by atoms with van der Waals surface area (Å²) in [5.41, 5.74) is 7.97. The zero-order chi connectivity index (χ0) is 25.6. The van der Waals surface area contributed by atoms with Gasteiger partial charge in [-0.3, -0.25) is 9.59 Å². The summed E-state index contributed by atoms with van der Waals surface area (Å²) in [6.07, 6.45) is 0.364. The lowest BCUT2D eigenvalue weighted by Gasteiger charge is -2.11. The fourth-order valence-corrected chi connectivity index (χ4v) is 6.15. The van der Waals surface area contributed by atoms with E-state index >= 15 is 0 Å². The number of nitrogens with zero attached hydrogens (tertiary/aromatic N) is 2. The second kappa shape index (κ2) is 9.03. The number of halogens is 2. The molecule has 1 aliphatic rings. The molecule has 0 spiro atoms. The van der Waals surface area contributed by atoms with E-state index in [1.807, 2.05) is 0 Å². The highest BCUT2D eigenvalue weighted by atomic mass is 35.5. The van der Waals surface area contributed by atoms with Crippen LogP contribution in [0.3, 0.4) is 0 Å². The lowest BCUT2D eigenvalue weighted by atomic mass is 10.0. The predicted octanol–water partition coefficient (Wildman–Crippen LogP) is 3.50. The topological polar surface area (TPSA) is 124 Å². The van der Waals surface area contributed by atoms with Gasteiger partial charge < -0.3 is 11.1 Å². The summed E-state index contributed by atoms with van der Waals surface area (Å²) in [6, 6.07) is 14.8. The van der Waals surface area contributed by atoms with E-state index in [0.717, 1.165) is 0 Å². The maximum atomic E-state index is 13.6. The molecule has 36 heavy (non-hydrogen) atoms. The van der Waals surface area contributed by atoms with Gasteiger partial charge in [-0.25, -0.2) is 17.5 Å². The molecule has 4 aromatic rings. The summed E-state index contributed by atoms with van der Waals surface area (Å²) >= 11 is 6.45. The lowest BCUT2D eigenvalue weighted by Crippen LogP contribution is -2.35. The third kappa shape index (κ3) is 4.57. The minimum Gasteiger partial charge on any atom is -0.366 e. The molecule has 8 nitrogen and oxygen atoms in total. The fraction of sp³-hybridized carbons (Fsp3) is 0.160. The first-order chi connectivity index (χ1) is 17.1. The van der Waals surface area contributed by atoms with Crippen LogP contribution in [0.5, 0.6) is 0 Å². The molecule has 2 heterocycles. The Hall–Kier alpha value is -3.76. The molecule has 0 bridgehead atoms. The van der Waals surface area contributed by atoms with Crippen molar-refractivity contribution in [3.63, 3.8) is 0 Å². The standard InChI is InChI=1S/C25H20ClFN4O4S/c26-21-8-2-14(24(28)32)11-20(21)23-19-7-1-15(25(33)29-17-9-10-36(34,35)13-17)12-22(19)31(30-23)18-5-3-16(27)4-6-18/h1-8,11-12,17H,9-10,13H2,(H2,28,32)(H,29,33). The van der Waals surface area contributed by atoms with E-state index in [4.69, 9.17) is 22.4 Å². The molecule has 11 heteroatoms. The summed E-state index contributed by atoms with van der Waals surface area (Å²) in [5, 5.41) is 8.44. The molecule has 0 saturated carbocycles. The van der Waals surface area contributed by atoms with Gasteiger partial charge in [0.15, 0.2) is 9.84 Å². The van der Waals surface area contributed by atoms with Crippen LogP contribution in [0.4, 0.5) is 4.39 Å². The number of hydrogen-bond donors (Lipinski definition) is 2. The molecule has 2 amide bonds. The number of hydrogen-bond acceptors (Lipinski definition) is 5. The summed E-state index contributed by atoms with van der Waals surface area (Å²) in [7, 11) is -3.15. The summed E-state index contributed by atoms with van der Waals surface area (Å²) in [5.74, 6) is -1.50. The molecule has 1 atom stereocenters. The van der Waals surface area contributed by atoms with Gasteiger partial charge in [-0.15, -0.1) is 0 Å². The van der Waals surface area contributed by atoms with Crippen LogP contribution in [0.25, 0.3) is 27.8 Å². The van der Waals surface area contributed by atoms with Gasteiger partial charge in [0.2, 0.25) is 5.91 Å². The zero-order valence-electron chi connectivity index (χ0n) is 18.7. The number of fused-ring (bicyclic) bond motifs is 1. The minimum atomic E-state index is -3.15. The van der Waals surface area contributed by atoms with Crippen molar-refractivity contribution in [2.75, 3.05) is 11.5 Å². The Bertz CT molecular complexity index is 1630. The molecule has 5 rings (SSSR count). The number of nitrogens with one attached hydrogen (secondary N) is 1. The first kappa shape index (κ1) is 24.0. The molecule has 1 aromatic heterocycles. The quantitative estimate of drug-likeness (QED) is 0.412. The maximum Gasteiger partial charge on any atom is 0.251 e. The van der Waals surface area contributed by atoms with Crippen LogP contribution < -0.4 is 11.1 Å². The highest BCUT2D eigenvalue weighted by Crippen LogP contribution is 2.35. The normalized spacial score (nSPS) is 16.8. The molecule has 3 N–H and O–H groups in total. The van der Waals surface area contributed by atoms with Gasteiger partial charge in [-0.2, -0.15) is 5.10 Å². The number of amides is 2. The van der Waals surface area contributed by atoms with Crippen LogP contribution >= 0.6 is 11.6 Å². The average molecular weight is 527 g/mol. The smallest absolute Gasteiger partial charge is 0.251 e. The number of carbonyl (C=O) groups excluding carboxylic acids is 2. The van der Waals surface area contributed by atoms with E-state index in [0.29, 0.717) is 44.9 Å². The predicted molar refractivity (Wildman–Crippen MR) is 135 cm³/mol.